The first-order valence-corrected chi connectivity index (χ1v) is 7.77. The van der Waals surface area contributed by atoms with Crippen molar-refractivity contribution < 1.29 is 0 Å². The normalized spacial score (nSPS) is 10.5. The van der Waals surface area contributed by atoms with Gasteiger partial charge in [-0.3, -0.25) is 0 Å². The van der Waals surface area contributed by atoms with Crippen LogP contribution in [0.25, 0.3) is 0 Å². The lowest BCUT2D eigenvalue weighted by Gasteiger charge is -2.14. The fourth-order valence-electron chi connectivity index (χ4n) is 2.21. The highest BCUT2D eigenvalue weighted by Crippen LogP contribution is 2.19. The summed E-state index contributed by atoms with van der Waals surface area (Å²) in [5.74, 6) is 0.508. The summed E-state index contributed by atoms with van der Waals surface area (Å²) in [6.45, 7) is 6.52. The predicted octanol–water partition coefficient (Wildman–Crippen LogP) is 5.18. The van der Waals surface area contributed by atoms with Crippen molar-refractivity contribution in [3.05, 3.63) is 59.7 Å². The Bertz CT molecular complexity index is 620. The van der Waals surface area contributed by atoms with Crippen LogP contribution in [0.2, 0.25) is 0 Å². The molecule has 0 aliphatic carbocycles. The van der Waals surface area contributed by atoms with Gasteiger partial charge in [0.15, 0.2) is 5.11 Å². The smallest absolute Gasteiger partial charge is 0.175 e. The number of nitrogens with one attached hydrogen (secondary N) is 2. The minimum absolute atomic E-state index is 0.508. The summed E-state index contributed by atoms with van der Waals surface area (Å²) >= 11 is 5.41. The number of benzene rings is 2. The van der Waals surface area contributed by atoms with E-state index in [2.05, 4.69) is 61.7 Å². The lowest BCUT2D eigenvalue weighted by atomic mass is 10.0. The van der Waals surface area contributed by atoms with E-state index in [9.17, 15) is 0 Å². The number of rotatable bonds is 4. The van der Waals surface area contributed by atoms with Gasteiger partial charge in [0, 0.05) is 11.4 Å². The van der Waals surface area contributed by atoms with Gasteiger partial charge in [-0.25, -0.2) is 0 Å². The first kappa shape index (κ1) is 15.5. The van der Waals surface area contributed by atoms with Gasteiger partial charge < -0.3 is 10.6 Å². The van der Waals surface area contributed by atoms with Crippen molar-refractivity contribution in [3.8, 4) is 0 Å². The van der Waals surface area contributed by atoms with Gasteiger partial charge in [0.05, 0.1) is 0 Å². The Kier molecular flexibility index (Phi) is 5.34. The SMILES string of the molecule is CCc1ccccc1NC(=S)Nc1cccc(C(C)C)c1. The highest BCUT2D eigenvalue weighted by atomic mass is 32.1. The molecule has 2 aromatic carbocycles. The molecule has 0 bridgehead atoms. The lowest BCUT2D eigenvalue weighted by Crippen LogP contribution is -2.20. The summed E-state index contributed by atoms with van der Waals surface area (Å²) in [5, 5.41) is 7.16. The molecule has 2 aromatic rings. The molecule has 0 unspecified atom stereocenters. The Morgan fingerprint density at radius 3 is 2.52 bits per heavy atom. The van der Waals surface area contributed by atoms with E-state index in [0.29, 0.717) is 11.0 Å². The zero-order chi connectivity index (χ0) is 15.2. The molecule has 0 aromatic heterocycles. The summed E-state index contributed by atoms with van der Waals surface area (Å²) in [6, 6.07) is 16.6. The Labute approximate surface area is 132 Å². The molecule has 3 heteroatoms. The average Bonchev–Trinajstić information content (AvgIpc) is 2.48. The molecular formula is C18H22N2S. The third-order valence-corrected chi connectivity index (χ3v) is 3.66. The topological polar surface area (TPSA) is 24.1 Å². The molecular weight excluding hydrogens is 276 g/mol. The maximum absolute atomic E-state index is 5.41. The number of aryl methyl sites for hydroxylation is 1. The van der Waals surface area contributed by atoms with Crippen LogP contribution in [0.3, 0.4) is 0 Å². The van der Waals surface area contributed by atoms with Crippen LogP contribution >= 0.6 is 12.2 Å². The van der Waals surface area contributed by atoms with Crippen LogP contribution in [-0.4, -0.2) is 5.11 Å². The summed E-state index contributed by atoms with van der Waals surface area (Å²) in [5.41, 5.74) is 4.65. The quantitative estimate of drug-likeness (QED) is 0.760. The molecule has 0 fully saturated rings. The first-order valence-electron chi connectivity index (χ1n) is 7.36. The second-order valence-corrected chi connectivity index (χ2v) is 5.78. The van der Waals surface area contributed by atoms with E-state index in [1.807, 2.05) is 18.2 Å². The maximum Gasteiger partial charge on any atom is 0.175 e. The van der Waals surface area contributed by atoms with Crippen LogP contribution in [0.5, 0.6) is 0 Å². The zero-order valence-corrected chi connectivity index (χ0v) is 13.6. The number of hydrogen-bond donors (Lipinski definition) is 2. The molecule has 0 radical (unpaired) electrons. The Morgan fingerprint density at radius 2 is 1.81 bits per heavy atom. The van der Waals surface area contributed by atoms with Crippen molar-refractivity contribution in [3.63, 3.8) is 0 Å². The first-order chi connectivity index (χ1) is 10.1. The molecule has 0 saturated carbocycles. The van der Waals surface area contributed by atoms with Crippen LogP contribution in [0, 0.1) is 0 Å². The van der Waals surface area contributed by atoms with E-state index < -0.39 is 0 Å². The van der Waals surface area contributed by atoms with Crippen LogP contribution in [-0.2, 0) is 6.42 Å². The largest absolute Gasteiger partial charge is 0.332 e. The van der Waals surface area contributed by atoms with Gasteiger partial charge in [-0.05, 0) is 53.9 Å². The molecule has 0 heterocycles. The standard InChI is InChI=1S/C18H22N2S/c1-4-14-8-5-6-11-17(14)20-18(21)19-16-10-7-9-15(12-16)13(2)3/h5-13H,4H2,1-3H3,(H2,19,20,21). The summed E-state index contributed by atoms with van der Waals surface area (Å²) in [6.07, 6.45) is 0.981. The van der Waals surface area contributed by atoms with Gasteiger partial charge in [0.25, 0.3) is 0 Å². The number of thiocarbonyl (C=S) groups is 1. The Balaban J connectivity index is 2.06. The van der Waals surface area contributed by atoms with Crippen molar-refractivity contribution >= 4 is 28.7 Å². The van der Waals surface area contributed by atoms with Crippen molar-refractivity contribution in [2.75, 3.05) is 10.6 Å². The van der Waals surface area contributed by atoms with Crippen LogP contribution in [0.4, 0.5) is 11.4 Å². The van der Waals surface area contributed by atoms with Crippen molar-refractivity contribution in [2.45, 2.75) is 33.1 Å². The predicted molar refractivity (Wildman–Crippen MR) is 96.2 cm³/mol. The van der Waals surface area contributed by atoms with E-state index in [0.717, 1.165) is 17.8 Å². The molecule has 21 heavy (non-hydrogen) atoms. The summed E-state index contributed by atoms with van der Waals surface area (Å²) in [4.78, 5) is 0. The fraction of sp³-hybridized carbons (Fsp3) is 0.278. The molecule has 0 atom stereocenters. The second kappa shape index (κ2) is 7.23. The monoisotopic (exact) mass is 298 g/mol. The van der Waals surface area contributed by atoms with Crippen LogP contribution in [0.1, 0.15) is 37.8 Å². The highest BCUT2D eigenvalue weighted by molar-refractivity contribution is 7.80. The molecule has 0 amide bonds. The van der Waals surface area contributed by atoms with E-state index in [1.165, 1.54) is 11.1 Å². The zero-order valence-electron chi connectivity index (χ0n) is 12.8. The molecule has 0 saturated heterocycles. The van der Waals surface area contributed by atoms with Gasteiger partial charge in [0.1, 0.15) is 0 Å². The number of para-hydroxylation sites is 1. The third-order valence-electron chi connectivity index (χ3n) is 3.46. The summed E-state index contributed by atoms with van der Waals surface area (Å²) < 4.78 is 0. The minimum atomic E-state index is 0.508. The second-order valence-electron chi connectivity index (χ2n) is 5.37. The summed E-state index contributed by atoms with van der Waals surface area (Å²) in [7, 11) is 0. The molecule has 2 rings (SSSR count). The number of hydrogen-bond acceptors (Lipinski definition) is 1. The van der Waals surface area contributed by atoms with Gasteiger partial charge in [-0.1, -0.05) is 51.1 Å². The molecule has 2 nitrogen and oxygen atoms in total. The minimum Gasteiger partial charge on any atom is -0.332 e. The van der Waals surface area contributed by atoms with E-state index >= 15 is 0 Å². The van der Waals surface area contributed by atoms with E-state index in [-0.39, 0.29) is 0 Å². The number of anilines is 2. The van der Waals surface area contributed by atoms with Gasteiger partial charge >= 0.3 is 0 Å². The van der Waals surface area contributed by atoms with Crippen molar-refractivity contribution in [2.24, 2.45) is 0 Å². The molecule has 0 aliphatic rings. The van der Waals surface area contributed by atoms with Gasteiger partial charge in [-0.2, -0.15) is 0 Å². The Hall–Kier alpha value is -1.87. The maximum atomic E-state index is 5.41. The third kappa shape index (κ3) is 4.30. The van der Waals surface area contributed by atoms with Gasteiger partial charge in [0.2, 0.25) is 0 Å². The highest BCUT2D eigenvalue weighted by Gasteiger charge is 2.04. The van der Waals surface area contributed by atoms with Crippen molar-refractivity contribution in [1.82, 2.24) is 0 Å². The molecule has 110 valence electrons. The van der Waals surface area contributed by atoms with Crippen LogP contribution < -0.4 is 10.6 Å². The molecule has 0 spiro atoms. The Morgan fingerprint density at radius 1 is 1.05 bits per heavy atom. The van der Waals surface area contributed by atoms with Crippen molar-refractivity contribution in [1.29, 1.82) is 0 Å². The van der Waals surface area contributed by atoms with Crippen LogP contribution in [0.15, 0.2) is 48.5 Å². The van der Waals surface area contributed by atoms with E-state index in [1.54, 1.807) is 0 Å². The molecule has 2 N–H and O–H groups in total. The fourth-order valence-corrected chi connectivity index (χ4v) is 2.44. The van der Waals surface area contributed by atoms with E-state index in [4.69, 9.17) is 12.2 Å². The lowest BCUT2D eigenvalue weighted by molar-refractivity contribution is 0.867. The van der Waals surface area contributed by atoms with Gasteiger partial charge in [-0.15, -0.1) is 0 Å². The average molecular weight is 298 g/mol. The molecule has 0 aliphatic heterocycles.